The first-order valence-electron chi connectivity index (χ1n) is 6.53. The number of carbonyl (C=O) groups excluding carboxylic acids is 1. The Kier molecular flexibility index (Phi) is 5.56. The molecule has 106 valence electrons. The Morgan fingerprint density at radius 2 is 2.06 bits per heavy atom. The maximum absolute atomic E-state index is 12.1. The SMILES string of the molecule is COCCC(C)(C)CNC(=O)C1(N)CCOCC1. The standard InChI is InChI=1S/C13H26N2O3/c1-12(2,4-7-17-3)10-15-11(16)13(14)5-8-18-9-6-13/h4-10,14H2,1-3H3,(H,15,16). The van der Waals surface area contributed by atoms with Crippen LogP contribution in [0.1, 0.15) is 33.1 Å². The van der Waals surface area contributed by atoms with Crippen molar-refractivity contribution in [2.75, 3.05) is 33.5 Å². The van der Waals surface area contributed by atoms with Gasteiger partial charge in [0.25, 0.3) is 0 Å². The first-order valence-corrected chi connectivity index (χ1v) is 6.53. The summed E-state index contributed by atoms with van der Waals surface area (Å²) in [6.45, 7) is 6.67. The summed E-state index contributed by atoms with van der Waals surface area (Å²) < 4.78 is 10.3. The van der Waals surface area contributed by atoms with E-state index in [1.54, 1.807) is 7.11 Å². The van der Waals surface area contributed by atoms with Gasteiger partial charge in [-0.15, -0.1) is 0 Å². The van der Waals surface area contributed by atoms with Gasteiger partial charge in [-0.2, -0.15) is 0 Å². The summed E-state index contributed by atoms with van der Waals surface area (Å²) in [5.74, 6) is -0.0590. The lowest BCUT2D eigenvalue weighted by molar-refractivity contribution is -0.130. The van der Waals surface area contributed by atoms with Gasteiger partial charge in [0.2, 0.25) is 5.91 Å². The lowest BCUT2D eigenvalue weighted by Crippen LogP contribution is -2.57. The van der Waals surface area contributed by atoms with Crippen molar-refractivity contribution in [3.05, 3.63) is 0 Å². The zero-order chi connectivity index (χ0) is 13.6. The van der Waals surface area contributed by atoms with Crippen LogP contribution in [-0.4, -0.2) is 44.9 Å². The molecule has 1 amide bonds. The first kappa shape index (κ1) is 15.4. The fourth-order valence-corrected chi connectivity index (χ4v) is 1.93. The van der Waals surface area contributed by atoms with Crippen molar-refractivity contribution < 1.29 is 14.3 Å². The van der Waals surface area contributed by atoms with Crippen LogP contribution in [0.25, 0.3) is 0 Å². The Bertz CT molecular complexity index is 273. The largest absolute Gasteiger partial charge is 0.385 e. The maximum Gasteiger partial charge on any atom is 0.240 e. The van der Waals surface area contributed by atoms with Gasteiger partial charge in [-0.05, 0) is 24.7 Å². The van der Waals surface area contributed by atoms with Crippen LogP contribution in [0.2, 0.25) is 0 Å². The summed E-state index contributed by atoms with van der Waals surface area (Å²) in [6, 6.07) is 0. The number of ether oxygens (including phenoxy) is 2. The molecule has 1 saturated heterocycles. The molecule has 3 N–H and O–H groups in total. The highest BCUT2D eigenvalue weighted by Crippen LogP contribution is 2.21. The molecule has 1 aliphatic heterocycles. The highest BCUT2D eigenvalue weighted by Gasteiger charge is 2.36. The summed E-state index contributed by atoms with van der Waals surface area (Å²) in [7, 11) is 1.69. The van der Waals surface area contributed by atoms with E-state index in [0.717, 1.165) is 6.42 Å². The molecule has 0 unspecified atom stereocenters. The summed E-state index contributed by atoms with van der Waals surface area (Å²) in [5.41, 5.74) is 5.38. The van der Waals surface area contributed by atoms with E-state index in [1.807, 2.05) is 0 Å². The van der Waals surface area contributed by atoms with Crippen LogP contribution in [0.15, 0.2) is 0 Å². The summed E-state index contributed by atoms with van der Waals surface area (Å²) >= 11 is 0. The summed E-state index contributed by atoms with van der Waals surface area (Å²) in [5, 5.41) is 2.97. The Hall–Kier alpha value is -0.650. The third-order valence-electron chi connectivity index (χ3n) is 3.55. The van der Waals surface area contributed by atoms with Crippen LogP contribution in [0, 0.1) is 5.41 Å². The van der Waals surface area contributed by atoms with E-state index in [9.17, 15) is 4.79 Å². The summed E-state index contributed by atoms with van der Waals surface area (Å²) in [6.07, 6.45) is 2.10. The molecule has 0 bridgehead atoms. The Balaban J connectivity index is 2.40. The van der Waals surface area contributed by atoms with Crippen LogP contribution in [0.4, 0.5) is 0 Å². The number of amides is 1. The molecule has 1 fully saturated rings. The van der Waals surface area contributed by atoms with Gasteiger partial charge in [0, 0.05) is 33.5 Å². The second-order valence-corrected chi connectivity index (χ2v) is 5.86. The van der Waals surface area contributed by atoms with Gasteiger partial charge in [-0.1, -0.05) is 13.8 Å². The highest BCUT2D eigenvalue weighted by atomic mass is 16.5. The molecule has 5 nitrogen and oxygen atoms in total. The van der Waals surface area contributed by atoms with E-state index in [-0.39, 0.29) is 11.3 Å². The zero-order valence-electron chi connectivity index (χ0n) is 11.8. The monoisotopic (exact) mass is 258 g/mol. The van der Waals surface area contributed by atoms with E-state index in [0.29, 0.717) is 39.2 Å². The fraction of sp³-hybridized carbons (Fsp3) is 0.923. The van der Waals surface area contributed by atoms with Crippen LogP contribution >= 0.6 is 0 Å². The molecular weight excluding hydrogens is 232 g/mol. The van der Waals surface area contributed by atoms with Crippen molar-refractivity contribution in [1.29, 1.82) is 0 Å². The smallest absolute Gasteiger partial charge is 0.240 e. The minimum absolute atomic E-state index is 0.0210. The molecule has 1 rings (SSSR count). The van der Waals surface area contributed by atoms with Gasteiger partial charge >= 0.3 is 0 Å². The Labute approximate surface area is 109 Å². The van der Waals surface area contributed by atoms with E-state index >= 15 is 0 Å². The van der Waals surface area contributed by atoms with Crippen LogP contribution in [0.3, 0.4) is 0 Å². The minimum Gasteiger partial charge on any atom is -0.385 e. The average molecular weight is 258 g/mol. The quantitative estimate of drug-likeness (QED) is 0.734. The van der Waals surface area contributed by atoms with E-state index in [1.165, 1.54) is 0 Å². The average Bonchev–Trinajstić information content (AvgIpc) is 2.34. The Morgan fingerprint density at radius 1 is 1.44 bits per heavy atom. The van der Waals surface area contributed by atoms with Gasteiger partial charge in [0.05, 0.1) is 5.54 Å². The number of carbonyl (C=O) groups is 1. The molecule has 18 heavy (non-hydrogen) atoms. The molecular formula is C13H26N2O3. The van der Waals surface area contributed by atoms with Gasteiger partial charge in [-0.3, -0.25) is 4.79 Å². The topological polar surface area (TPSA) is 73.6 Å². The zero-order valence-corrected chi connectivity index (χ0v) is 11.8. The summed E-state index contributed by atoms with van der Waals surface area (Å²) in [4.78, 5) is 12.1. The highest BCUT2D eigenvalue weighted by molar-refractivity contribution is 5.86. The lowest BCUT2D eigenvalue weighted by Gasteiger charge is -2.33. The molecule has 0 aromatic heterocycles. The van der Waals surface area contributed by atoms with Crippen molar-refractivity contribution in [3.8, 4) is 0 Å². The van der Waals surface area contributed by atoms with Crippen molar-refractivity contribution in [3.63, 3.8) is 0 Å². The number of hydrogen-bond donors (Lipinski definition) is 2. The van der Waals surface area contributed by atoms with Gasteiger partial charge in [-0.25, -0.2) is 0 Å². The van der Waals surface area contributed by atoms with Gasteiger partial charge in [0.15, 0.2) is 0 Å². The lowest BCUT2D eigenvalue weighted by atomic mass is 9.87. The third-order valence-corrected chi connectivity index (χ3v) is 3.55. The molecule has 0 saturated carbocycles. The molecule has 0 radical (unpaired) electrons. The fourth-order valence-electron chi connectivity index (χ4n) is 1.93. The Morgan fingerprint density at radius 3 is 2.61 bits per heavy atom. The van der Waals surface area contributed by atoms with Crippen molar-refractivity contribution in [2.45, 2.75) is 38.6 Å². The van der Waals surface area contributed by atoms with Crippen LogP contribution < -0.4 is 11.1 Å². The predicted octanol–water partition coefficient (Wildman–Crippen LogP) is 0.673. The second kappa shape index (κ2) is 6.50. The molecule has 0 spiro atoms. The minimum atomic E-state index is -0.754. The molecule has 0 aromatic rings. The normalized spacial score (nSPS) is 19.6. The number of rotatable bonds is 6. The van der Waals surface area contributed by atoms with Crippen molar-refractivity contribution in [1.82, 2.24) is 5.32 Å². The predicted molar refractivity (Wildman–Crippen MR) is 70.3 cm³/mol. The van der Waals surface area contributed by atoms with Gasteiger partial charge in [0.1, 0.15) is 0 Å². The molecule has 0 aliphatic carbocycles. The third kappa shape index (κ3) is 4.55. The van der Waals surface area contributed by atoms with E-state index in [4.69, 9.17) is 15.2 Å². The first-order chi connectivity index (χ1) is 8.40. The molecule has 0 atom stereocenters. The molecule has 1 aliphatic rings. The van der Waals surface area contributed by atoms with Crippen LogP contribution in [0.5, 0.6) is 0 Å². The number of nitrogens with one attached hydrogen (secondary N) is 1. The van der Waals surface area contributed by atoms with E-state index in [2.05, 4.69) is 19.2 Å². The van der Waals surface area contributed by atoms with Crippen LogP contribution in [-0.2, 0) is 14.3 Å². The molecule has 0 aromatic carbocycles. The molecule has 5 heteroatoms. The molecule has 1 heterocycles. The number of nitrogens with two attached hydrogens (primary N) is 1. The number of methoxy groups -OCH3 is 1. The van der Waals surface area contributed by atoms with Crippen molar-refractivity contribution in [2.24, 2.45) is 11.1 Å². The number of hydrogen-bond acceptors (Lipinski definition) is 4. The van der Waals surface area contributed by atoms with E-state index < -0.39 is 5.54 Å². The second-order valence-electron chi connectivity index (χ2n) is 5.86. The maximum atomic E-state index is 12.1. The van der Waals surface area contributed by atoms with Crippen molar-refractivity contribution >= 4 is 5.91 Å². The van der Waals surface area contributed by atoms with Gasteiger partial charge < -0.3 is 20.5 Å².